The topological polar surface area (TPSA) is 17.1 Å². The lowest BCUT2D eigenvalue weighted by molar-refractivity contribution is -0.125. The van der Waals surface area contributed by atoms with Gasteiger partial charge in [0.15, 0.2) is 0 Å². The first-order valence-corrected chi connectivity index (χ1v) is 6.40. The molecule has 2 unspecified atom stereocenters. The van der Waals surface area contributed by atoms with Gasteiger partial charge in [-0.15, -0.1) is 0 Å². The van der Waals surface area contributed by atoms with E-state index in [0.717, 1.165) is 18.4 Å². The lowest BCUT2D eigenvalue weighted by Gasteiger charge is -2.25. The summed E-state index contributed by atoms with van der Waals surface area (Å²) in [6.45, 7) is 2.18. The maximum atomic E-state index is 13.0. The molecule has 2 rings (SSSR count). The number of benzene rings is 1. The van der Waals surface area contributed by atoms with E-state index in [1.165, 1.54) is 6.07 Å². The molecule has 0 amide bonds. The Hall–Kier alpha value is -0.890. The van der Waals surface area contributed by atoms with Gasteiger partial charge >= 0.3 is 0 Å². The Bertz CT molecular complexity index is 430. The zero-order valence-corrected chi connectivity index (χ0v) is 10.6. The van der Waals surface area contributed by atoms with Crippen molar-refractivity contribution in [1.29, 1.82) is 0 Å². The van der Waals surface area contributed by atoms with E-state index < -0.39 is 5.82 Å². The van der Waals surface area contributed by atoms with Crippen molar-refractivity contribution < 1.29 is 9.18 Å². The second-order valence-corrected chi connectivity index (χ2v) is 5.40. The van der Waals surface area contributed by atoms with Crippen LogP contribution in [0.3, 0.4) is 0 Å². The van der Waals surface area contributed by atoms with Crippen molar-refractivity contribution in [3.8, 4) is 0 Å². The molecule has 0 bridgehead atoms. The van der Waals surface area contributed by atoms with Crippen LogP contribution in [0.5, 0.6) is 0 Å². The highest BCUT2D eigenvalue weighted by Gasteiger charge is 2.26. The standard InChI is InChI=1S/C14H16ClFO/c1-9-2-5-14(17)11(6-9)7-10-3-4-13(16)12(15)8-10/h3-4,8-9,11H,2,5-7H2,1H3. The number of carbonyl (C=O) groups is 1. The Morgan fingerprint density at radius 2 is 2.24 bits per heavy atom. The van der Waals surface area contributed by atoms with Crippen LogP contribution in [0.25, 0.3) is 0 Å². The number of Topliss-reactive ketones (excluding diaryl/α,β-unsaturated/α-hetero) is 1. The van der Waals surface area contributed by atoms with E-state index in [4.69, 9.17) is 11.6 Å². The third-order valence-electron chi connectivity index (χ3n) is 3.49. The molecule has 0 spiro atoms. The first-order valence-electron chi connectivity index (χ1n) is 6.03. The maximum absolute atomic E-state index is 13.0. The van der Waals surface area contributed by atoms with Crippen LogP contribution in [0.1, 0.15) is 31.7 Å². The summed E-state index contributed by atoms with van der Waals surface area (Å²) in [6, 6.07) is 4.71. The molecule has 0 aromatic heterocycles. The Labute approximate surface area is 106 Å². The fourth-order valence-corrected chi connectivity index (χ4v) is 2.68. The number of rotatable bonds is 2. The summed E-state index contributed by atoms with van der Waals surface area (Å²) in [5.74, 6) is 0.621. The molecule has 0 heterocycles. The summed E-state index contributed by atoms with van der Waals surface area (Å²) in [4.78, 5) is 11.8. The molecule has 1 nitrogen and oxygen atoms in total. The minimum atomic E-state index is -0.404. The van der Waals surface area contributed by atoms with Crippen LogP contribution in [0.2, 0.25) is 5.02 Å². The second kappa shape index (κ2) is 5.18. The fourth-order valence-electron chi connectivity index (χ4n) is 2.48. The summed E-state index contributed by atoms with van der Waals surface area (Å²) in [6.07, 6.45) is 3.30. The zero-order chi connectivity index (χ0) is 12.4. The predicted octanol–water partition coefficient (Wildman–Crippen LogP) is 4.03. The molecule has 92 valence electrons. The minimum absolute atomic E-state index is 0.0836. The molecule has 0 N–H and O–H groups in total. The first kappa shape index (κ1) is 12.6. The van der Waals surface area contributed by atoms with Crippen molar-refractivity contribution in [2.45, 2.75) is 32.6 Å². The van der Waals surface area contributed by atoms with Crippen LogP contribution in [-0.2, 0) is 11.2 Å². The largest absolute Gasteiger partial charge is 0.299 e. The van der Waals surface area contributed by atoms with Crippen molar-refractivity contribution >= 4 is 17.4 Å². The normalized spacial score (nSPS) is 25.0. The van der Waals surface area contributed by atoms with E-state index >= 15 is 0 Å². The third-order valence-corrected chi connectivity index (χ3v) is 3.78. The summed E-state index contributed by atoms with van der Waals surface area (Å²) in [5, 5.41) is 0.138. The smallest absolute Gasteiger partial charge is 0.141 e. The average molecular weight is 255 g/mol. The van der Waals surface area contributed by atoms with Gasteiger partial charge in [-0.2, -0.15) is 0 Å². The molecule has 1 aliphatic rings. The molecule has 2 atom stereocenters. The maximum Gasteiger partial charge on any atom is 0.141 e. The summed E-state index contributed by atoms with van der Waals surface area (Å²) in [5.41, 5.74) is 0.948. The SMILES string of the molecule is CC1CCC(=O)C(Cc2ccc(F)c(Cl)c2)C1. The molecule has 0 aliphatic heterocycles. The van der Waals surface area contributed by atoms with Crippen LogP contribution in [0.15, 0.2) is 18.2 Å². The van der Waals surface area contributed by atoms with E-state index in [2.05, 4.69) is 6.92 Å². The highest BCUT2D eigenvalue weighted by Crippen LogP contribution is 2.29. The molecule has 1 saturated carbocycles. The van der Waals surface area contributed by atoms with Gasteiger partial charge in [-0.25, -0.2) is 4.39 Å². The van der Waals surface area contributed by atoms with E-state index in [1.54, 1.807) is 12.1 Å². The molecule has 17 heavy (non-hydrogen) atoms. The van der Waals surface area contributed by atoms with Gasteiger partial charge in [0, 0.05) is 12.3 Å². The highest BCUT2D eigenvalue weighted by atomic mass is 35.5. The van der Waals surface area contributed by atoms with Gasteiger partial charge in [-0.05, 0) is 42.9 Å². The number of hydrogen-bond donors (Lipinski definition) is 0. The predicted molar refractivity (Wildman–Crippen MR) is 66.6 cm³/mol. The van der Waals surface area contributed by atoms with E-state index in [1.807, 2.05) is 0 Å². The first-order chi connectivity index (χ1) is 8.06. The Morgan fingerprint density at radius 1 is 1.47 bits per heavy atom. The van der Waals surface area contributed by atoms with Gasteiger partial charge in [0.1, 0.15) is 11.6 Å². The van der Waals surface area contributed by atoms with Gasteiger partial charge in [0.05, 0.1) is 5.02 Å². The number of hydrogen-bond acceptors (Lipinski definition) is 1. The summed E-state index contributed by atoms with van der Waals surface area (Å²) in [7, 11) is 0. The van der Waals surface area contributed by atoms with Gasteiger partial charge in [-0.3, -0.25) is 4.79 Å². The van der Waals surface area contributed by atoms with Crippen molar-refractivity contribution in [1.82, 2.24) is 0 Å². The van der Waals surface area contributed by atoms with Crippen LogP contribution in [0, 0.1) is 17.7 Å². The molecule has 0 radical (unpaired) electrons. The van der Waals surface area contributed by atoms with Crippen LogP contribution in [-0.4, -0.2) is 5.78 Å². The Kier molecular flexibility index (Phi) is 3.82. The van der Waals surface area contributed by atoms with Crippen LogP contribution < -0.4 is 0 Å². The molecule has 1 aromatic rings. The van der Waals surface area contributed by atoms with Crippen molar-refractivity contribution in [3.05, 3.63) is 34.6 Å². The Morgan fingerprint density at radius 3 is 2.94 bits per heavy atom. The minimum Gasteiger partial charge on any atom is -0.299 e. The summed E-state index contributed by atoms with van der Waals surface area (Å²) >= 11 is 5.74. The van der Waals surface area contributed by atoms with Gasteiger partial charge in [0.25, 0.3) is 0 Å². The molecule has 0 saturated heterocycles. The number of ketones is 1. The fraction of sp³-hybridized carbons (Fsp3) is 0.500. The highest BCUT2D eigenvalue weighted by molar-refractivity contribution is 6.30. The zero-order valence-electron chi connectivity index (χ0n) is 9.88. The van der Waals surface area contributed by atoms with Gasteiger partial charge in [0.2, 0.25) is 0 Å². The third kappa shape index (κ3) is 3.06. The molecular weight excluding hydrogens is 239 g/mol. The lowest BCUT2D eigenvalue weighted by atomic mass is 9.78. The lowest BCUT2D eigenvalue weighted by Crippen LogP contribution is -2.25. The molecule has 1 fully saturated rings. The Balaban J connectivity index is 2.08. The van der Waals surface area contributed by atoms with Crippen LogP contribution >= 0.6 is 11.6 Å². The van der Waals surface area contributed by atoms with Crippen molar-refractivity contribution in [3.63, 3.8) is 0 Å². The van der Waals surface area contributed by atoms with E-state index in [-0.39, 0.29) is 10.9 Å². The van der Waals surface area contributed by atoms with E-state index in [9.17, 15) is 9.18 Å². The van der Waals surface area contributed by atoms with Crippen molar-refractivity contribution in [2.75, 3.05) is 0 Å². The quantitative estimate of drug-likeness (QED) is 0.779. The molecular formula is C14H16ClFO. The van der Waals surface area contributed by atoms with Gasteiger partial charge < -0.3 is 0 Å². The molecule has 3 heteroatoms. The molecule has 1 aliphatic carbocycles. The second-order valence-electron chi connectivity index (χ2n) is 5.00. The monoisotopic (exact) mass is 254 g/mol. The van der Waals surface area contributed by atoms with Crippen LogP contribution in [0.4, 0.5) is 4.39 Å². The average Bonchev–Trinajstić information content (AvgIpc) is 2.29. The molecule has 1 aromatic carbocycles. The number of carbonyl (C=O) groups excluding carboxylic acids is 1. The number of halogens is 2. The van der Waals surface area contributed by atoms with E-state index in [0.29, 0.717) is 24.5 Å². The van der Waals surface area contributed by atoms with Crippen molar-refractivity contribution in [2.24, 2.45) is 11.8 Å². The summed E-state index contributed by atoms with van der Waals surface area (Å²) < 4.78 is 13.0. The van der Waals surface area contributed by atoms with Gasteiger partial charge in [-0.1, -0.05) is 24.6 Å².